The maximum atomic E-state index is 6.22. The maximum absolute atomic E-state index is 6.22. The number of benzene rings is 1. The first-order chi connectivity index (χ1) is 11.1. The van der Waals surface area contributed by atoms with Gasteiger partial charge in [-0.3, -0.25) is 0 Å². The standard InChI is InChI=1S/C18H17BrClN3/c1-3-16-22-17-10(2)8-15(20)21-18(17)23(16)14-7-4-11-9-12(19)5-6-13(11)14/h5-6,8-9,14H,3-4,7H2,1-2H3. The maximum Gasteiger partial charge on any atom is 0.162 e. The van der Waals surface area contributed by atoms with E-state index in [9.17, 15) is 0 Å². The lowest BCUT2D eigenvalue weighted by atomic mass is 10.1. The summed E-state index contributed by atoms with van der Waals surface area (Å²) in [6.07, 6.45) is 3.05. The first kappa shape index (κ1) is 15.2. The van der Waals surface area contributed by atoms with Crippen LogP contribution < -0.4 is 0 Å². The Bertz CT molecular complexity index is 916. The molecule has 0 aliphatic heterocycles. The number of hydrogen-bond acceptors (Lipinski definition) is 2. The second-order valence-corrected chi connectivity index (χ2v) is 7.39. The number of imidazole rings is 1. The molecule has 1 unspecified atom stereocenters. The van der Waals surface area contributed by atoms with Crippen LogP contribution in [0.25, 0.3) is 11.2 Å². The summed E-state index contributed by atoms with van der Waals surface area (Å²) in [5.74, 6) is 1.08. The van der Waals surface area contributed by atoms with Gasteiger partial charge >= 0.3 is 0 Å². The number of aryl methyl sites for hydroxylation is 3. The zero-order chi connectivity index (χ0) is 16.1. The Balaban J connectivity index is 1.97. The van der Waals surface area contributed by atoms with E-state index in [0.717, 1.165) is 46.3 Å². The van der Waals surface area contributed by atoms with Crippen LogP contribution in [-0.2, 0) is 12.8 Å². The van der Waals surface area contributed by atoms with Crippen LogP contribution in [0, 0.1) is 6.92 Å². The Kier molecular flexibility index (Phi) is 3.69. The molecule has 0 N–H and O–H groups in total. The minimum absolute atomic E-state index is 0.295. The summed E-state index contributed by atoms with van der Waals surface area (Å²) in [5.41, 5.74) is 5.75. The van der Waals surface area contributed by atoms with E-state index in [1.807, 2.05) is 13.0 Å². The molecule has 1 atom stereocenters. The van der Waals surface area contributed by atoms with Crippen LogP contribution >= 0.6 is 27.5 Å². The minimum Gasteiger partial charge on any atom is -0.305 e. The van der Waals surface area contributed by atoms with E-state index in [0.29, 0.717) is 11.2 Å². The van der Waals surface area contributed by atoms with Crippen molar-refractivity contribution in [2.24, 2.45) is 0 Å². The summed E-state index contributed by atoms with van der Waals surface area (Å²) in [4.78, 5) is 9.44. The fourth-order valence-corrected chi connectivity index (χ4v) is 4.28. The average molecular weight is 391 g/mol. The van der Waals surface area contributed by atoms with Gasteiger partial charge in [0.2, 0.25) is 0 Å². The van der Waals surface area contributed by atoms with Crippen LogP contribution in [0.2, 0.25) is 5.15 Å². The molecule has 0 saturated carbocycles. The molecular formula is C18H17BrClN3. The second kappa shape index (κ2) is 5.60. The molecule has 2 heterocycles. The molecule has 3 aromatic rings. The van der Waals surface area contributed by atoms with Gasteiger partial charge in [0.15, 0.2) is 5.65 Å². The van der Waals surface area contributed by atoms with Gasteiger partial charge in [-0.1, -0.05) is 40.5 Å². The van der Waals surface area contributed by atoms with Crippen molar-refractivity contribution in [3.63, 3.8) is 0 Å². The largest absolute Gasteiger partial charge is 0.305 e. The van der Waals surface area contributed by atoms with Crippen molar-refractivity contribution in [3.05, 3.63) is 56.4 Å². The quantitative estimate of drug-likeness (QED) is 0.559. The van der Waals surface area contributed by atoms with Gasteiger partial charge in [0.1, 0.15) is 16.5 Å². The van der Waals surface area contributed by atoms with Gasteiger partial charge in [-0.15, -0.1) is 0 Å². The molecule has 1 aliphatic carbocycles. The van der Waals surface area contributed by atoms with Gasteiger partial charge in [0.05, 0.1) is 6.04 Å². The van der Waals surface area contributed by atoms with Crippen molar-refractivity contribution in [1.82, 2.24) is 14.5 Å². The Morgan fingerprint density at radius 1 is 1.30 bits per heavy atom. The summed E-state index contributed by atoms with van der Waals surface area (Å²) in [6.45, 7) is 4.19. The van der Waals surface area contributed by atoms with Crippen LogP contribution in [0.5, 0.6) is 0 Å². The SMILES string of the molecule is CCc1nc2c(C)cc(Cl)nc2n1C1CCc2cc(Br)ccc21. The predicted octanol–water partition coefficient (Wildman–Crippen LogP) is 5.25. The van der Waals surface area contributed by atoms with E-state index < -0.39 is 0 Å². The van der Waals surface area contributed by atoms with Gasteiger partial charge < -0.3 is 4.57 Å². The van der Waals surface area contributed by atoms with Gasteiger partial charge in [0.25, 0.3) is 0 Å². The molecule has 3 nitrogen and oxygen atoms in total. The van der Waals surface area contributed by atoms with Crippen molar-refractivity contribution in [2.45, 2.75) is 39.2 Å². The molecular weight excluding hydrogens is 374 g/mol. The predicted molar refractivity (Wildman–Crippen MR) is 97.3 cm³/mol. The molecule has 0 fully saturated rings. The zero-order valence-corrected chi connectivity index (χ0v) is 15.4. The molecule has 5 heteroatoms. The number of aromatic nitrogens is 3. The van der Waals surface area contributed by atoms with Gasteiger partial charge in [-0.25, -0.2) is 9.97 Å². The highest BCUT2D eigenvalue weighted by atomic mass is 79.9. The van der Waals surface area contributed by atoms with E-state index in [1.54, 1.807) is 0 Å². The molecule has 0 amide bonds. The van der Waals surface area contributed by atoms with Gasteiger partial charge in [-0.05, 0) is 54.7 Å². The third-order valence-corrected chi connectivity index (χ3v) is 5.35. The molecule has 1 aromatic carbocycles. The normalized spacial score (nSPS) is 17.0. The highest BCUT2D eigenvalue weighted by molar-refractivity contribution is 9.10. The smallest absolute Gasteiger partial charge is 0.162 e. The third-order valence-electron chi connectivity index (χ3n) is 4.66. The summed E-state index contributed by atoms with van der Waals surface area (Å²) in [6, 6.07) is 8.75. The molecule has 2 aromatic heterocycles. The summed E-state index contributed by atoms with van der Waals surface area (Å²) in [5, 5.41) is 0.535. The number of nitrogens with zero attached hydrogens (tertiary/aromatic N) is 3. The fraction of sp³-hybridized carbons (Fsp3) is 0.333. The number of rotatable bonds is 2. The third kappa shape index (κ3) is 2.39. The van der Waals surface area contributed by atoms with E-state index in [-0.39, 0.29) is 0 Å². The molecule has 0 spiro atoms. The molecule has 0 bridgehead atoms. The van der Waals surface area contributed by atoms with E-state index in [1.165, 1.54) is 11.1 Å². The average Bonchev–Trinajstić information content (AvgIpc) is 3.07. The van der Waals surface area contributed by atoms with Crippen molar-refractivity contribution in [3.8, 4) is 0 Å². The highest BCUT2D eigenvalue weighted by Crippen LogP contribution is 2.38. The summed E-state index contributed by atoms with van der Waals surface area (Å²) < 4.78 is 3.44. The van der Waals surface area contributed by atoms with Gasteiger partial charge in [-0.2, -0.15) is 0 Å². The van der Waals surface area contributed by atoms with E-state index in [2.05, 4.69) is 50.6 Å². The molecule has 118 valence electrons. The van der Waals surface area contributed by atoms with Crippen LogP contribution in [0.1, 0.15) is 41.9 Å². The van der Waals surface area contributed by atoms with Crippen LogP contribution in [-0.4, -0.2) is 14.5 Å². The lowest BCUT2D eigenvalue weighted by molar-refractivity contribution is 0.567. The molecule has 0 radical (unpaired) electrons. The lowest BCUT2D eigenvalue weighted by Crippen LogP contribution is -2.11. The van der Waals surface area contributed by atoms with Crippen molar-refractivity contribution in [1.29, 1.82) is 0 Å². The van der Waals surface area contributed by atoms with Crippen LogP contribution in [0.15, 0.2) is 28.7 Å². The first-order valence-corrected chi connectivity index (χ1v) is 9.08. The lowest BCUT2D eigenvalue weighted by Gasteiger charge is -2.17. The summed E-state index contributed by atoms with van der Waals surface area (Å²) in [7, 11) is 0. The van der Waals surface area contributed by atoms with E-state index >= 15 is 0 Å². The molecule has 0 saturated heterocycles. The highest BCUT2D eigenvalue weighted by Gasteiger charge is 2.28. The number of fused-ring (bicyclic) bond motifs is 2. The number of hydrogen-bond donors (Lipinski definition) is 0. The Labute approximate surface area is 148 Å². The molecule has 4 rings (SSSR count). The first-order valence-electron chi connectivity index (χ1n) is 7.90. The Morgan fingerprint density at radius 2 is 2.13 bits per heavy atom. The molecule has 1 aliphatic rings. The van der Waals surface area contributed by atoms with Crippen molar-refractivity contribution in [2.75, 3.05) is 0 Å². The number of pyridine rings is 1. The fourth-order valence-electron chi connectivity index (χ4n) is 3.63. The van der Waals surface area contributed by atoms with Crippen molar-refractivity contribution >= 4 is 38.7 Å². The van der Waals surface area contributed by atoms with Crippen LogP contribution in [0.3, 0.4) is 0 Å². The zero-order valence-electron chi connectivity index (χ0n) is 13.1. The van der Waals surface area contributed by atoms with Crippen molar-refractivity contribution < 1.29 is 0 Å². The van der Waals surface area contributed by atoms with E-state index in [4.69, 9.17) is 16.6 Å². The Hall–Kier alpha value is -1.39. The second-order valence-electron chi connectivity index (χ2n) is 6.08. The topological polar surface area (TPSA) is 30.7 Å². The number of halogens is 2. The van der Waals surface area contributed by atoms with Gasteiger partial charge in [0, 0.05) is 10.9 Å². The minimum atomic E-state index is 0.295. The van der Waals surface area contributed by atoms with Crippen LogP contribution in [0.4, 0.5) is 0 Å². The summed E-state index contributed by atoms with van der Waals surface area (Å²) >= 11 is 9.79. The molecule has 23 heavy (non-hydrogen) atoms. The monoisotopic (exact) mass is 389 g/mol. The Morgan fingerprint density at radius 3 is 2.91 bits per heavy atom.